The van der Waals surface area contributed by atoms with E-state index in [0.717, 1.165) is 17.7 Å². The number of benzene rings is 1. The molecule has 6 heteroatoms. The van der Waals surface area contributed by atoms with Crippen LogP contribution in [0.5, 0.6) is 5.75 Å². The van der Waals surface area contributed by atoms with E-state index in [1.165, 1.54) is 13.2 Å². The predicted octanol–water partition coefficient (Wildman–Crippen LogP) is 3.08. The van der Waals surface area contributed by atoms with Gasteiger partial charge in [-0.3, -0.25) is 0 Å². The topological polar surface area (TPSA) is 53.1 Å². The van der Waals surface area contributed by atoms with Crippen LogP contribution in [-0.2, 0) is 0 Å². The Hall–Kier alpha value is -1.43. The number of anilines is 1. The normalized spacial score (nSPS) is 12.8. The first kappa shape index (κ1) is 14.0. The summed E-state index contributed by atoms with van der Waals surface area (Å²) in [5.74, 6) is 1.15. The summed E-state index contributed by atoms with van der Waals surface area (Å²) in [6, 6.07) is 3.28. The third-order valence-corrected chi connectivity index (χ3v) is 3.90. The molecule has 1 heterocycles. The minimum Gasteiger partial charge on any atom is -0.494 e. The fraction of sp³-hybridized carbons (Fsp3) is 0.462. The monoisotopic (exact) mass is 283 g/mol. The molecular weight excluding hydrogens is 265 g/mol. The fourth-order valence-corrected chi connectivity index (χ4v) is 2.99. The van der Waals surface area contributed by atoms with Crippen molar-refractivity contribution >= 4 is 28.7 Å². The van der Waals surface area contributed by atoms with Gasteiger partial charge in [0.15, 0.2) is 11.6 Å². The number of ether oxygens (including phenoxy) is 1. The van der Waals surface area contributed by atoms with Crippen molar-refractivity contribution < 1.29 is 9.13 Å². The molecule has 2 aromatic rings. The first-order chi connectivity index (χ1) is 9.12. The van der Waals surface area contributed by atoms with Gasteiger partial charge in [-0.15, -0.1) is 0 Å². The van der Waals surface area contributed by atoms with Crippen molar-refractivity contribution in [2.75, 3.05) is 24.9 Å². The van der Waals surface area contributed by atoms with Gasteiger partial charge in [0.2, 0.25) is 5.95 Å². The zero-order valence-electron chi connectivity index (χ0n) is 11.3. The van der Waals surface area contributed by atoms with Crippen molar-refractivity contribution in [1.29, 1.82) is 0 Å². The summed E-state index contributed by atoms with van der Waals surface area (Å²) in [7, 11) is 1.45. The first-order valence-electron chi connectivity index (χ1n) is 6.12. The van der Waals surface area contributed by atoms with Gasteiger partial charge in [-0.25, -0.2) is 9.37 Å². The minimum atomic E-state index is -0.419. The molecule has 0 spiro atoms. The molecule has 2 N–H and O–H groups in total. The molecule has 2 rings (SSSR count). The zero-order valence-corrected chi connectivity index (χ0v) is 12.1. The number of imidazole rings is 1. The maximum Gasteiger partial charge on any atom is 0.201 e. The summed E-state index contributed by atoms with van der Waals surface area (Å²) in [5.41, 5.74) is 7.36. The summed E-state index contributed by atoms with van der Waals surface area (Å²) < 4.78 is 20.7. The number of nitrogens with zero attached hydrogens (tertiary/aromatic N) is 2. The van der Waals surface area contributed by atoms with Gasteiger partial charge in [-0.2, -0.15) is 11.8 Å². The lowest BCUT2D eigenvalue weighted by Crippen LogP contribution is -2.13. The van der Waals surface area contributed by atoms with Crippen LogP contribution in [0, 0.1) is 5.82 Å². The predicted molar refractivity (Wildman–Crippen MR) is 78.4 cm³/mol. The number of fused-ring (bicyclic) bond motifs is 1. The molecule has 0 fully saturated rings. The third-order valence-electron chi connectivity index (χ3n) is 3.19. The maximum atomic E-state index is 13.7. The molecule has 0 radical (unpaired) electrons. The lowest BCUT2D eigenvalue weighted by atomic mass is 10.2. The van der Waals surface area contributed by atoms with E-state index in [1.54, 1.807) is 17.8 Å². The van der Waals surface area contributed by atoms with Crippen molar-refractivity contribution in [3.8, 4) is 5.75 Å². The molecule has 0 aliphatic rings. The molecule has 4 nitrogen and oxygen atoms in total. The number of hydrogen-bond donors (Lipinski definition) is 1. The van der Waals surface area contributed by atoms with E-state index in [2.05, 4.69) is 18.2 Å². The van der Waals surface area contributed by atoms with E-state index in [9.17, 15) is 4.39 Å². The number of thioether (sulfide) groups is 1. The van der Waals surface area contributed by atoms with Crippen LogP contribution in [0.25, 0.3) is 11.0 Å². The second-order valence-electron chi connectivity index (χ2n) is 4.33. The van der Waals surface area contributed by atoms with Crippen LogP contribution in [0.15, 0.2) is 12.1 Å². The molecular formula is C13H18FN3OS. The van der Waals surface area contributed by atoms with Crippen LogP contribution in [0.3, 0.4) is 0 Å². The number of aromatic nitrogens is 2. The van der Waals surface area contributed by atoms with E-state index in [4.69, 9.17) is 10.5 Å². The zero-order chi connectivity index (χ0) is 14.0. The Bertz CT molecular complexity index is 585. The Balaban J connectivity index is 2.62. The summed E-state index contributed by atoms with van der Waals surface area (Å²) in [5, 5.41) is 0. The van der Waals surface area contributed by atoms with Crippen LogP contribution >= 0.6 is 11.8 Å². The maximum absolute atomic E-state index is 13.7. The van der Waals surface area contributed by atoms with Crippen LogP contribution < -0.4 is 10.5 Å². The smallest absolute Gasteiger partial charge is 0.201 e. The van der Waals surface area contributed by atoms with Gasteiger partial charge in [0.05, 0.1) is 18.1 Å². The second kappa shape index (κ2) is 5.69. The highest BCUT2D eigenvalue weighted by molar-refractivity contribution is 7.98. The fourth-order valence-electron chi connectivity index (χ4n) is 2.22. The number of methoxy groups -OCH3 is 1. The molecule has 1 unspecified atom stereocenters. The molecule has 0 amide bonds. The van der Waals surface area contributed by atoms with Gasteiger partial charge in [-0.1, -0.05) is 6.92 Å². The molecule has 0 aliphatic heterocycles. The highest BCUT2D eigenvalue weighted by atomic mass is 32.2. The first-order valence-corrected chi connectivity index (χ1v) is 7.51. The Morgan fingerprint density at radius 3 is 2.84 bits per heavy atom. The number of nitrogen functional groups attached to an aromatic ring is 1. The third kappa shape index (κ3) is 2.49. The minimum absolute atomic E-state index is 0.215. The Kier molecular flexibility index (Phi) is 4.19. The molecule has 0 aliphatic carbocycles. The Labute approximate surface area is 116 Å². The van der Waals surface area contributed by atoms with Crippen molar-refractivity contribution in [3.05, 3.63) is 17.9 Å². The highest BCUT2D eigenvalue weighted by Crippen LogP contribution is 2.30. The van der Waals surface area contributed by atoms with E-state index < -0.39 is 5.82 Å². The average molecular weight is 283 g/mol. The molecule has 1 aromatic heterocycles. The molecule has 19 heavy (non-hydrogen) atoms. The van der Waals surface area contributed by atoms with E-state index >= 15 is 0 Å². The number of halogens is 1. The molecule has 1 aromatic carbocycles. The molecule has 0 saturated carbocycles. The van der Waals surface area contributed by atoms with E-state index in [0.29, 0.717) is 11.5 Å². The second-order valence-corrected chi connectivity index (χ2v) is 5.24. The summed E-state index contributed by atoms with van der Waals surface area (Å²) in [4.78, 5) is 4.24. The van der Waals surface area contributed by atoms with Gasteiger partial charge in [0.1, 0.15) is 0 Å². The highest BCUT2D eigenvalue weighted by Gasteiger charge is 2.18. The van der Waals surface area contributed by atoms with Gasteiger partial charge < -0.3 is 15.0 Å². The van der Waals surface area contributed by atoms with Crippen LogP contribution in [0.2, 0.25) is 0 Å². The summed E-state index contributed by atoms with van der Waals surface area (Å²) in [6.07, 6.45) is 2.99. The van der Waals surface area contributed by atoms with Gasteiger partial charge in [0, 0.05) is 23.9 Å². The van der Waals surface area contributed by atoms with Crippen molar-refractivity contribution in [2.24, 2.45) is 0 Å². The largest absolute Gasteiger partial charge is 0.494 e. The number of hydrogen-bond acceptors (Lipinski definition) is 4. The van der Waals surface area contributed by atoms with E-state index in [-0.39, 0.29) is 11.8 Å². The van der Waals surface area contributed by atoms with Gasteiger partial charge in [0.25, 0.3) is 0 Å². The average Bonchev–Trinajstić information content (AvgIpc) is 2.70. The van der Waals surface area contributed by atoms with Crippen molar-refractivity contribution in [2.45, 2.75) is 19.4 Å². The molecule has 0 bridgehead atoms. The van der Waals surface area contributed by atoms with Crippen molar-refractivity contribution in [3.63, 3.8) is 0 Å². The number of rotatable bonds is 5. The van der Waals surface area contributed by atoms with Crippen LogP contribution in [-0.4, -0.2) is 28.7 Å². The molecule has 1 atom stereocenters. The SMILES string of the molecule is CCC(CSC)n1c(N)nc2cc(F)c(OC)cc21. The quantitative estimate of drug-likeness (QED) is 0.916. The van der Waals surface area contributed by atoms with Gasteiger partial charge in [-0.05, 0) is 12.7 Å². The lowest BCUT2D eigenvalue weighted by Gasteiger charge is -2.18. The Morgan fingerprint density at radius 1 is 1.53 bits per heavy atom. The molecule has 0 saturated heterocycles. The van der Waals surface area contributed by atoms with Crippen molar-refractivity contribution in [1.82, 2.24) is 9.55 Å². The van der Waals surface area contributed by atoms with Gasteiger partial charge >= 0.3 is 0 Å². The summed E-state index contributed by atoms with van der Waals surface area (Å²) >= 11 is 1.75. The van der Waals surface area contributed by atoms with Crippen LogP contribution in [0.1, 0.15) is 19.4 Å². The Morgan fingerprint density at radius 2 is 2.26 bits per heavy atom. The summed E-state index contributed by atoms with van der Waals surface area (Å²) in [6.45, 7) is 2.10. The lowest BCUT2D eigenvalue weighted by molar-refractivity contribution is 0.387. The number of nitrogens with two attached hydrogens (primary N) is 1. The van der Waals surface area contributed by atoms with E-state index in [1.807, 2.05) is 4.57 Å². The van der Waals surface area contributed by atoms with Crippen LogP contribution in [0.4, 0.5) is 10.3 Å². The standard InChI is InChI=1S/C13H18FN3OS/c1-4-8(7-19-3)17-11-6-12(18-2)9(14)5-10(11)16-13(17)15/h5-6,8H,4,7H2,1-3H3,(H2,15,16). The molecule has 104 valence electrons.